The Hall–Kier alpha value is -3.39. The standard InChI is InChI=1S/C20H23FN4O3/c1-25(23)18(12-22)15-9-16(11-17(21)10-15)20(27)24-8-7-19(26)28-13-14-5-3-2-4-6-14/h2-6,9-12H,7-8,13,22-23H2,1H3,(H,24,27)/b18-12-. The first kappa shape index (κ1) is 20.9. The van der Waals surface area contributed by atoms with Gasteiger partial charge in [-0.1, -0.05) is 30.3 Å². The minimum absolute atomic E-state index is 0.000235. The largest absolute Gasteiger partial charge is 0.461 e. The molecule has 0 bridgehead atoms. The van der Waals surface area contributed by atoms with Crippen molar-refractivity contribution in [2.24, 2.45) is 11.6 Å². The highest BCUT2D eigenvalue weighted by Gasteiger charge is 2.13. The lowest BCUT2D eigenvalue weighted by molar-refractivity contribution is -0.144. The molecule has 8 heteroatoms. The van der Waals surface area contributed by atoms with E-state index < -0.39 is 17.7 Å². The van der Waals surface area contributed by atoms with Gasteiger partial charge in [-0.3, -0.25) is 9.59 Å². The number of ether oxygens (including phenoxy) is 1. The Morgan fingerprint density at radius 2 is 1.86 bits per heavy atom. The third-order valence-electron chi connectivity index (χ3n) is 3.85. The molecule has 0 aliphatic rings. The molecule has 2 aromatic carbocycles. The number of benzene rings is 2. The Balaban J connectivity index is 1.89. The van der Waals surface area contributed by atoms with Gasteiger partial charge >= 0.3 is 5.97 Å². The minimum atomic E-state index is -0.605. The highest BCUT2D eigenvalue weighted by atomic mass is 19.1. The van der Waals surface area contributed by atoms with Gasteiger partial charge in [0, 0.05) is 30.9 Å². The maximum absolute atomic E-state index is 13.9. The molecule has 0 saturated heterocycles. The maximum atomic E-state index is 13.9. The molecule has 2 rings (SSSR count). The molecule has 0 radical (unpaired) electrons. The van der Waals surface area contributed by atoms with Crippen LogP contribution in [0.15, 0.2) is 54.7 Å². The summed E-state index contributed by atoms with van der Waals surface area (Å²) in [5.74, 6) is 4.08. The first-order chi connectivity index (χ1) is 13.4. The number of esters is 1. The van der Waals surface area contributed by atoms with Gasteiger partial charge in [-0.2, -0.15) is 0 Å². The van der Waals surface area contributed by atoms with Gasteiger partial charge in [0.15, 0.2) is 0 Å². The Morgan fingerprint density at radius 1 is 1.18 bits per heavy atom. The maximum Gasteiger partial charge on any atom is 0.307 e. The smallest absolute Gasteiger partial charge is 0.307 e. The third kappa shape index (κ3) is 6.10. The van der Waals surface area contributed by atoms with Crippen LogP contribution in [0.4, 0.5) is 4.39 Å². The first-order valence-electron chi connectivity index (χ1n) is 8.59. The number of nitrogens with two attached hydrogens (primary N) is 2. The van der Waals surface area contributed by atoms with Crippen LogP contribution in [0, 0.1) is 5.82 Å². The van der Waals surface area contributed by atoms with Gasteiger partial charge in [-0.05, 0) is 23.8 Å². The van der Waals surface area contributed by atoms with E-state index in [-0.39, 0.29) is 25.1 Å². The quantitative estimate of drug-likeness (QED) is 0.362. The summed E-state index contributed by atoms with van der Waals surface area (Å²) >= 11 is 0. The summed E-state index contributed by atoms with van der Waals surface area (Å²) in [7, 11) is 1.55. The summed E-state index contributed by atoms with van der Waals surface area (Å²) in [6.45, 7) is 0.233. The van der Waals surface area contributed by atoms with E-state index in [9.17, 15) is 14.0 Å². The van der Waals surface area contributed by atoms with E-state index in [0.717, 1.165) is 11.6 Å². The normalized spacial score (nSPS) is 11.0. The topological polar surface area (TPSA) is 111 Å². The van der Waals surface area contributed by atoms with Gasteiger partial charge in [0.25, 0.3) is 5.91 Å². The van der Waals surface area contributed by atoms with Crippen LogP contribution in [0.1, 0.15) is 27.9 Å². The van der Waals surface area contributed by atoms with E-state index in [1.54, 1.807) is 7.05 Å². The van der Waals surface area contributed by atoms with Crippen LogP contribution >= 0.6 is 0 Å². The lowest BCUT2D eigenvalue weighted by Gasteiger charge is -2.17. The molecule has 0 unspecified atom stereocenters. The van der Waals surface area contributed by atoms with Crippen molar-refractivity contribution in [1.82, 2.24) is 10.3 Å². The van der Waals surface area contributed by atoms with E-state index in [0.29, 0.717) is 11.3 Å². The number of rotatable bonds is 8. The summed E-state index contributed by atoms with van der Waals surface area (Å²) in [6.07, 6.45) is 1.22. The Labute approximate surface area is 162 Å². The highest BCUT2D eigenvalue weighted by Crippen LogP contribution is 2.18. The summed E-state index contributed by atoms with van der Waals surface area (Å²) in [5, 5.41) is 3.79. The first-order valence-corrected chi connectivity index (χ1v) is 8.59. The molecular weight excluding hydrogens is 363 g/mol. The summed E-state index contributed by atoms with van der Waals surface area (Å²) < 4.78 is 19.0. The van der Waals surface area contributed by atoms with Crippen LogP contribution in [0.25, 0.3) is 5.70 Å². The molecule has 28 heavy (non-hydrogen) atoms. The second-order valence-corrected chi connectivity index (χ2v) is 6.04. The fourth-order valence-electron chi connectivity index (χ4n) is 2.48. The van der Waals surface area contributed by atoms with Gasteiger partial charge in [-0.15, -0.1) is 0 Å². The molecule has 0 saturated carbocycles. The molecule has 5 N–H and O–H groups in total. The Morgan fingerprint density at radius 3 is 2.50 bits per heavy atom. The minimum Gasteiger partial charge on any atom is -0.461 e. The fourth-order valence-corrected chi connectivity index (χ4v) is 2.48. The monoisotopic (exact) mass is 386 g/mol. The zero-order valence-corrected chi connectivity index (χ0v) is 15.5. The number of halogens is 1. The summed E-state index contributed by atoms with van der Waals surface area (Å²) in [5.41, 5.74) is 7.20. The van der Waals surface area contributed by atoms with Crippen molar-refractivity contribution < 1.29 is 18.7 Å². The van der Waals surface area contributed by atoms with Crippen molar-refractivity contribution in [2.75, 3.05) is 13.6 Å². The van der Waals surface area contributed by atoms with Crippen molar-refractivity contribution >= 4 is 17.6 Å². The lowest BCUT2D eigenvalue weighted by Crippen LogP contribution is -2.27. The second-order valence-electron chi connectivity index (χ2n) is 6.04. The average molecular weight is 386 g/mol. The predicted octanol–water partition coefficient (Wildman–Crippen LogP) is 1.75. The van der Waals surface area contributed by atoms with Crippen molar-refractivity contribution in [3.8, 4) is 0 Å². The number of nitrogens with one attached hydrogen (secondary N) is 1. The Bertz CT molecular complexity index is 854. The van der Waals surface area contributed by atoms with Crippen LogP contribution in [-0.4, -0.2) is 30.5 Å². The molecule has 0 spiro atoms. The SMILES string of the molecule is CN(N)/C(=C\N)c1cc(F)cc(C(=O)NCCC(=O)OCc2ccccc2)c1. The highest BCUT2D eigenvalue weighted by molar-refractivity contribution is 5.95. The predicted molar refractivity (Wildman–Crippen MR) is 104 cm³/mol. The molecular formula is C20H23FN4O3. The van der Waals surface area contributed by atoms with Crippen molar-refractivity contribution in [3.05, 3.63) is 77.2 Å². The summed E-state index contributed by atoms with van der Waals surface area (Å²) in [6, 6.07) is 13.1. The molecule has 0 aromatic heterocycles. The molecule has 0 fully saturated rings. The molecule has 148 valence electrons. The molecule has 2 aromatic rings. The van der Waals surface area contributed by atoms with E-state index in [1.165, 1.54) is 23.3 Å². The van der Waals surface area contributed by atoms with E-state index in [1.807, 2.05) is 30.3 Å². The van der Waals surface area contributed by atoms with E-state index in [4.69, 9.17) is 16.3 Å². The number of carbonyl (C=O) groups is 2. The zero-order valence-electron chi connectivity index (χ0n) is 15.5. The van der Waals surface area contributed by atoms with Crippen molar-refractivity contribution in [1.29, 1.82) is 0 Å². The number of nitrogens with zero attached hydrogens (tertiary/aromatic N) is 1. The van der Waals surface area contributed by atoms with Crippen molar-refractivity contribution in [3.63, 3.8) is 0 Å². The average Bonchev–Trinajstić information content (AvgIpc) is 2.67. The molecule has 0 aliphatic carbocycles. The molecule has 0 aliphatic heterocycles. The van der Waals surface area contributed by atoms with E-state index in [2.05, 4.69) is 5.32 Å². The zero-order chi connectivity index (χ0) is 20.5. The van der Waals surface area contributed by atoms with Gasteiger partial charge in [0.1, 0.15) is 12.4 Å². The van der Waals surface area contributed by atoms with Crippen LogP contribution in [0.3, 0.4) is 0 Å². The van der Waals surface area contributed by atoms with Gasteiger partial charge in [-0.25, -0.2) is 10.2 Å². The molecule has 7 nitrogen and oxygen atoms in total. The van der Waals surface area contributed by atoms with Crippen LogP contribution in [-0.2, 0) is 16.1 Å². The summed E-state index contributed by atoms with van der Waals surface area (Å²) in [4.78, 5) is 24.0. The van der Waals surface area contributed by atoms with Crippen LogP contribution in [0.2, 0.25) is 0 Å². The Kier molecular flexibility index (Phi) is 7.53. The number of amides is 1. The number of hydrogen-bond acceptors (Lipinski definition) is 6. The third-order valence-corrected chi connectivity index (χ3v) is 3.85. The molecule has 1 amide bonds. The fraction of sp³-hybridized carbons (Fsp3) is 0.200. The van der Waals surface area contributed by atoms with Gasteiger partial charge in [0.05, 0.1) is 12.1 Å². The van der Waals surface area contributed by atoms with Crippen molar-refractivity contribution in [2.45, 2.75) is 13.0 Å². The number of carbonyl (C=O) groups excluding carboxylic acids is 2. The van der Waals surface area contributed by atoms with Gasteiger partial charge < -0.3 is 20.8 Å². The van der Waals surface area contributed by atoms with Crippen LogP contribution < -0.4 is 16.9 Å². The molecule has 0 heterocycles. The number of hydrogen-bond donors (Lipinski definition) is 3. The second kappa shape index (κ2) is 10.1. The van der Waals surface area contributed by atoms with Crippen LogP contribution in [0.5, 0.6) is 0 Å². The van der Waals surface area contributed by atoms with E-state index >= 15 is 0 Å². The molecule has 0 atom stereocenters. The lowest BCUT2D eigenvalue weighted by atomic mass is 10.1. The van der Waals surface area contributed by atoms with Gasteiger partial charge in [0.2, 0.25) is 0 Å². The number of hydrazine groups is 1.